The van der Waals surface area contributed by atoms with Crippen molar-refractivity contribution in [2.45, 2.75) is 6.92 Å². The molecule has 1 heterocycles. The first kappa shape index (κ1) is 4.68. The Kier molecular flexibility index (Phi) is 0.730. The Morgan fingerprint density at radius 3 is 2.44 bits per heavy atom. The number of fused-ring (bicyclic) bond motifs is 1. The third-order valence-corrected chi connectivity index (χ3v) is 1.51. The van der Waals surface area contributed by atoms with Crippen LogP contribution in [0.5, 0.6) is 0 Å². The van der Waals surface area contributed by atoms with Crippen molar-refractivity contribution in [1.29, 1.82) is 0 Å². The molecule has 0 unspecified atom stereocenters. The van der Waals surface area contributed by atoms with E-state index in [0.717, 1.165) is 0 Å². The van der Waals surface area contributed by atoms with Crippen LogP contribution in [0.25, 0.3) is 11.0 Å². The zero-order valence-corrected chi connectivity index (χ0v) is 5.23. The van der Waals surface area contributed by atoms with Gasteiger partial charge >= 0.3 is 0 Å². The number of aromatic amines is 2. The van der Waals surface area contributed by atoms with Crippen LogP contribution in [0.4, 0.5) is 0 Å². The zero-order valence-electron chi connectivity index (χ0n) is 5.23. The maximum atomic E-state index is 2.98. The van der Waals surface area contributed by atoms with Crippen LogP contribution in [0.1, 0.15) is 6.99 Å². The summed E-state index contributed by atoms with van der Waals surface area (Å²) in [5, 5.41) is 5.95. The van der Waals surface area contributed by atoms with Crippen LogP contribution in [-0.4, -0.2) is 10.2 Å². The quantitative estimate of drug-likeness (QED) is 0.536. The average Bonchev–Trinajstić information content (AvgIpc) is 1.78. The molecule has 0 radical (unpaired) electrons. The zero-order chi connectivity index (χ0) is 6.27. The molecule has 9 heavy (non-hydrogen) atoms. The Labute approximate surface area is 54.3 Å². The maximum absolute atomic E-state index is 2.98. The number of hydrogen-bond donors (Lipinski definition) is 2. The molecule has 0 spiro atoms. The van der Waals surface area contributed by atoms with Crippen molar-refractivity contribution < 1.29 is 1.43 Å². The largest absolute Gasteiger partial charge is 0.299 e. The van der Waals surface area contributed by atoms with Crippen molar-refractivity contribution in [3.05, 3.63) is 23.8 Å². The minimum atomic E-state index is 0. The Bertz CT molecular complexity index is 321. The third-order valence-electron chi connectivity index (χ3n) is 1.51. The molecule has 1 aromatic heterocycles. The van der Waals surface area contributed by atoms with Gasteiger partial charge in [-0.3, -0.25) is 10.2 Å². The van der Waals surface area contributed by atoms with Crippen molar-refractivity contribution >= 4 is 11.0 Å². The van der Waals surface area contributed by atoms with Crippen LogP contribution in [0.2, 0.25) is 0 Å². The number of benzene rings is 1. The van der Waals surface area contributed by atoms with Gasteiger partial charge in [-0.1, -0.05) is 6.07 Å². The lowest BCUT2D eigenvalue weighted by Gasteiger charge is -2.02. The average molecular weight is 122 g/mol. The molecule has 2 rings (SSSR count). The molecule has 0 aliphatic rings. The van der Waals surface area contributed by atoms with Crippen molar-refractivity contribution in [3.63, 3.8) is 0 Å². The number of hydrogen-bond acceptors (Lipinski definition) is 0. The van der Waals surface area contributed by atoms with Gasteiger partial charge in [0.2, 0.25) is 0 Å². The minimum Gasteiger partial charge on any atom is -0.299 e. The maximum Gasteiger partial charge on any atom is 0.0791 e. The lowest BCUT2D eigenvalue weighted by atomic mass is 10.2. The summed E-state index contributed by atoms with van der Waals surface area (Å²) in [6.45, 7) is 2.08. The van der Waals surface area contributed by atoms with E-state index in [1.165, 1.54) is 16.6 Å². The van der Waals surface area contributed by atoms with E-state index in [-0.39, 0.29) is 1.43 Å². The first-order chi connectivity index (χ1) is 4.36. The van der Waals surface area contributed by atoms with E-state index in [4.69, 9.17) is 0 Å². The number of rotatable bonds is 0. The molecule has 0 fully saturated rings. The van der Waals surface area contributed by atoms with Gasteiger partial charge in [-0.15, -0.1) is 0 Å². The molecule has 0 saturated heterocycles. The molecule has 2 N–H and O–H groups in total. The summed E-state index contributed by atoms with van der Waals surface area (Å²) in [7, 11) is 0. The summed E-state index contributed by atoms with van der Waals surface area (Å²) in [5.74, 6) is 0. The Morgan fingerprint density at radius 2 is 2.00 bits per heavy atom. The van der Waals surface area contributed by atoms with Crippen LogP contribution in [-0.2, 0) is 0 Å². The van der Waals surface area contributed by atoms with Gasteiger partial charge in [-0.2, -0.15) is 0 Å². The molecular formula is C7H10N2. The fraction of sp³-hybridized carbons (Fsp3) is 0.143. The molecule has 0 aliphatic carbocycles. The highest BCUT2D eigenvalue weighted by atomic mass is 15.1. The lowest BCUT2D eigenvalue weighted by molar-refractivity contribution is 1.07. The molecule has 1 aromatic carbocycles. The van der Waals surface area contributed by atoms with Gasteiger partial charge in [0.1, 0.15) is 0 Å². The number of aryl methyl sites for hydroxylation is 1. The summed E-state index contributed by atoms with van der Waals surface area (Å²) in [5.41, 5.74) is 3.69. The van der Waals surface area contributed by atoms with Gasteiger partial charge in [0.15, 0.2) is 0 Å². The van der Waals surface area contributed by atoms with Crippen LogP contribution < -0.4 is 0 Å². The van der Waals surface area contributed by atoms with Gasteiger partial charge in [0.05, 0.1) is 11.0 Å². The molecular weight excluding hydrogens is 112 g/mol. The van der Waals surface area contributed by atoms with E-state index in [9.17, 15) is 0 Å². The highest BCUT2D eigenvalue weighted by Crippen LogP contribution is 2.10. The van der Waals surface area contributed by atoms with Crippen molar-refractivity contribution in [2.24, 2.45) is 0 Å². The van der Waals surface area contributed by atoms with Crippen LogP contribution >= 0.6 is 0 Å². The number of H-pyrrole nitrogens is 2. The summed E-state index contributed by atoms with van der Waals surface area (Å²) in [6.07, 6.45) is 0. The molecule has 0 bridgehead atoms. The van der Waals surface area contributed by atoms with E-state index in [2.05, 4.69) is 35.3 Å². The van der Waals surface area contributed by atoms with Crippen molar-refractivity contribution in [1.82, 2.24) is 10.2 Å². The van der Waals surface area contributed by atoms with Gasteiger partial charge in [-0.25, -0.2) is 0 Å². The first-order valence-corrected chi connectivity index (χ1v) is 2.99. The molecule has 0 aliphatic heterocycles. The van der Waals surface area contributed by atoms with Crippen LogP contribution in [0.3, 0.4) is 0 Å². The second-order valence-corrected chi connectivity index (χ2v) is 2.30. The SMILES string of the molecule is Cc1ccc2[nH][nH]c2c1.[HH]. The van der Waals surface area contributed by atoms with Gasteiger partial charge in [0.25, 0.3) is 0 Å². The third kappa shape index (κ3) is 0.560. The predicted octanol–water partition coefficient (Wildman–Crippen LogP) is 2.05. The van der Waals surface area contributed by atoms with Crippen molar-refractivity contribution in [3.8, 4) is 0 Å². The molecule has 48 valence electrons. The van der Waals surface area contributed by atoms with E-state index in [1.54, 1.807) is 0 Å². The standard InChI is InChI=1S/C7H8N2.H2/c1-5-2-3-6-7(4-5)9-8-6;/h2-4,8-9H,1H3;1H. The summed E-state index contributed by atoms with van der Waals surface area (Å²) < 4.78 is 0. The summed E-state index contributed by atoms with van der Waals surface area (Å²) in [4.78, 5) is 0. The Hall–Kier alpha value is -1.18. The molecule has 0 amide bonds. The molecule has 0 saturated carbocycles. The fourth-order valence-corrected chi connectivity index (χ4v) is 0.943. The van der Waals surface area contributed by atoms with E-state index < -0.39 is 0 Å². The monoisotopic (exact) mass is 122 g/mol. The number of aromatic nitrogens is 2. The van der Waals surface area contributed by atoms with E-state index in [1.807, 2.05) is 0 Å². The lowest BCUT2D eigenvalue weighted by Crippen LogP contribution is -1.90. The van der Waals surface area contributed by atoms with Gasteiger partial charge < -0.3 is 0 Å². The molecule has 2 heteroatoms. The highest BCUT2D eigenvalue weighted by molar-refractivity contribution is 5.76. The van der Waals surface area contributed by atoms with Crippen LogP contribution in [0, 0.1) is 6.92 Å². The topological polar surface area (TPSA) is 31.6 Å². The first-order valence-electron chi connectivity index (χ1n) is 2.99. The Morgan fingerprint density at radius 1 is 1.22 bits per heavy atom. The van der Waals surface area contributed by atoms with Crippen LogP contribution in [0.15, 0.2) is 18.2 Å². The van der Waals surface area contributed by atoms with Gasteiger partial charge in [0, 0.05) is 1.43 Å². The second kappa shape index (κ2) is 1.41. The highest BCUT2D eigenvalue weighted by Gasteiger charge is 1.93. The van der Waals surface area contributed by atoms with E-state index in [0.29, 0.717) is 0 Å². The predicted molar refractivity (Wildman–Crippen MR) is 39.5 cm³/mol. The smallest absolute Gasteiger partial charge is 0.0791 e. The van der Waals surface area contributed by atoms with Gasteiger partial charge in [-0.05, 0) is 24.6 Å². The Balaban J connectivity index is 0.000000500. The number of nitrogens with one attached hydrogen (secondary N) is 2. The summed E-state index contributed by atoms with van der Waals surface area (Å²) in [6, 6.07) is 6.28. The minimum absolute atomic E-state index is 0. The van der Waals surface area contributed by atoms with Crippen molar-refractivity contribution in [2.75, 3.05) is 0 Å². The fourth-order valence-electron chi connectivity index (χ4n) is 0.943. The normalized spacial score (nSPS) is 10.8. The molecule has 2 aromatic rings. The molecule has 0 atom stereocenters. The molecule has 2 nitrogen and oxygen atoms in total. The van der Waals surface area contributed by atoms with E-state index >= 15 is 0 Å². The summed E-state index contributed by atoms with van der Waals surface area (Å²) >= 11 is 0. The second-order valence-electron chi connectivity index (χ2n) is 2.30.